The first-order valence-corrected chi connectivity index (χ1v) is 10.4. The Morgan fingerprint density at radius 1 is 1.06 bits per heavy atom. The highest BCUT2D eigenvalue weighted by atomic mass is 35.5. The monoisotopic (exact) mass is 443 g/mol. The highest BCUT2D eigenvalue weighted by molar-refractivity contribution is 6.30. The molecule has 0 radical (unpaired) electrons. The molecule has 1 unspecified atom stereocenters. The Morgan fingerprint density at radius 2 is 1.84 bits per heavy atom. The van der Waals surface area contributed by atoms with Crippen molar-refractivity contribution in [2.45, 2.75) is 6.10 Å². The first-order chi connectivity index (χ1) is 15.6. The number of carbonyl (C=O) groups excluding carboxylic acids is 2. The summed E-state index contributed by atoms with van der Waals surface area (Å²) in [4.78, 5) is 32.0. The Bertz CT molecular complexity index is 1250. The zero-order valence-corrected chi connectivity index (χ0v) is 17.6. The van der Waals surface area contributed by atoms with Gasteiger partial charge in [0.15, 0.2) is 5.78 Å². The summed E-state index contributed by atoms with van der Waals surface area (Å²) >= 11 is 5.91. The number of anilines is 1. The van der Waals surface area contributed by atoms with Gasteiger partial charge in [-0.3, -0.25) is 9.59 Å². The van der Waals surface area contributed by atoms with Gasteiger partial charge in [0.05, 0.1) is 17.7 Å². The molecule has 2 aliphatic rings. The SMILES string of the molecule is O=C(NCC1=CC2Oc3ccccc3C(=O)C2=CN1c1ccccn1)c1ccc(Cl)cc1. The van der Waals surface area contributed by atoms with Crippen LogP contribution in [-0.2, 0) is 0 Å². The van der Waals surface area contributed by atoms with E-state index in [0.717, 1.165) is 5.70 Å². The molecule has 7 heteroatoms. The fraction of sp³-hybridized carbons (Fsp3) is 0.0800. The van der Waals surface area contributed by atoms with E-state index in [-0.39, 0.29) is 18.2 Å². The summed E-state index contributed by atoms with van der Waals surface area (Å²) in [6.07, 6.45) is 4.73. The van der Waals surface area contributed by atoms with E-state index < -0.39 is 6.10 Å². The molecule has 3 heterocycles. The molecule has 2 aliphatic heterocycles. The van der Waals surface area contributed by atoms with Crippen LogP contribution in [0.1, 0.15) is 20.7 Å². The Hall–Kier alpha value is -3.90. The summed E-state index contributed by atoms with van der Waals surface area (Å²) in [5, 5.41) is 3.49. The first-order valence-electron chi connectivity index (χ1n) is 10.1. The van der Waals surface area contributed by atoms with Crippen LogP contribution in [0.5, 0.6) is 5.75 Å². The van der Waals surface area contributed by atoms with E-state index in [4.69, 9.17) is 16.3 Å². The number of fused-ring (bicyclic) bond motifs is 2. The number of hydrogen-bond donors (Lipinski definition) is 1. The maximum Gasteiger partial charge on any atom is 0.251 e. The van der Waals surface area contributed by atoms with Crippen LogP contribution in [0.15, 0.2) is 96.5 Å². The van der Waals surface area contributed by atoms with Gasteiger partial charge < -0.3 is 15.0 Å². The van der Waals surface area contributed by atoms with Crippen molar-refractivity contribution in [1.82, 2.24) is 10.3 Å². The van der Waals surface area contributed by atoms with Crippen molar-refractivity contribution >= 4 is 29.1 Å². The average Bonchev–Trinajstić information content (AvgIpc) is 2.83. The van der Waals surface area contributed by atoms with Crippen LogP contribution >= 0.6 is 11.6 Å². The molecule has 0 aliphatic carbocycles. The first kappa shape index (κ1) is 20.0. The highest BCUT2D eigenvalue weighted by Gasteiger charge is 2.35. The second-order valence-electron chi connectivity index (χ2n) is 7.35. The van der Waals surface area contributed by atoms with Crippen molar-refractivity contribution in [3.05, 3.63) is 113 Å². The molecular weight excluding hydrogens is 426 g/mol. The quantitative estimate of drug-likeness (QED) is 0.647. The van der Waals surface area contributed by atoms with Gasteiger partial charge in [-0.15, -0.1) is 0 Å². The average molecular weight is 444 g/mol. The normalized spacial score (nSPS) is 16.8. The van der Waals surface area contributed by atoms with Crippen molar-refractivity contribution in [2.24, 2.45) is 0 Å². The highest BCUT2D eigenvalue weighted by Crippen LogP contribution is 2.35. The fourth-order valence-electron chi connectivity index (χ4n) is 3.70. The van der Waals surface area contributed by atoms with Gasteiger partial charge in [-0.25, -0.2) is 4.98 Å². The van der Waals surface area contributed by atoms with E-state index in [1.807, 2.05) is 41.3 Å². The fourth-order valence-corrected chi connectivity index (χ4v) is 3.83. The lowest BCUT2D eigenvalue weighted by atomic mass is 9.93. The number of ether oxygens (including phenoxy) is 1. The van der Waals surface area contributed by atoms with Crippen LogP contribution in [0.2, 0.25) is 5.02 Å². The standard InChI is InChI=1S/C25H18ClN3O3/c26-17-10-8-16(9-11-17)25(31)28-14-18-13-22-20(15-29(18)23-7-3-4-12-27-23)24(30)19-5-1-2-6-21(19)32-22/h1-13,15,22H,14H2,(H,28,31). The summed E-state index contributed by atoms with van der Waals surface area (Å²) in [6.45, 7) is 0.220. The molecule has 3 aromatic rings. The summed E-state index contributed by atoms with van der Waals surface area (Å²) < 4.78 is 6.09. The predicted octanol–water partition coefficient (Wildman–Crippen LogP) is 4.40. The zero-order chi connectivity index (χ0) is 22.1. The number of pyridine rings is 1. The van der Waals surface area contributed by atoms with Crippen LogP contribution in [0.25, 0.3) is 0 Å². The summed E-state index contributed by atoms with van der Waals surface area (Å²) in [5.41, 5.74) is 2.29. The minimum absolute atomic E-state index is 0.0849. The smallest absolute Gasteiger partial charge is 0.251 e. The Balaban J connectivity index is 1.46. The van der Waals surface area contributed by atoms with Crippen LogP contribution in [0, 0.1) is 0 Å². The van der Waals surface area contributed by atoms with Crippen molar-refractivity contribution in [2.75, 3.05) is 11.4 Å². The van der Waals surface area contributed by atoms with Crippen molar-refractivity contribution in [3.8, 4) is 5.75 Å². The second kappa shape index (κ2) is 8.32. The van der Waals surface area contributed by atoms with Gasteiger partial charge in [-0.2, -0.15) is 0 Å². The molecule has 0 spiro atoms. The molecule has 5 rings (SSSR count). The largest absolute Gasteiger partial charge is 0.481 e. The van der Waals surface area contributed by atoms with Gasteiger partial charge in [0.25, 0.3) is 5.91 Å². The number of aromatic nitrogens is 1. The lowest BCUT2D eigenvalue weighted by Gasteiger charge is -2.34. The van der Waals surface area contributed by atoms with Gasteiger partial charge in [0.1, 0.15) is 17.7 Å². The Kier molecular flexibility index (Phi) is 5.21. The van der Waals surface area contributed by atoms with Gasteiger partial charge in [-0.1, -0.05) is 29.8 Å². The van der Waals surface area contributed by atoms with Crippen molar-refractivity contribution < 1.29 is 14.3 Å². The van der Waals surface area contributed by atoms with Crippen molar-refractivity contribution in [3.63, 3.8) is 0 Å². The third kappa shape index (κ3) is 3.76. The number of nitrogens with one attached hydrogen (secondary N) is 1. The molecule has 1 atom stereocenters. The number of rotatable bonds is 4. The summed E-state index contributed by atoms with van der Waals surface area (Å²) in [6, 6.07) is 19.4. The molecule has 158 valence electrons. The van der Waals surface area contributed by atoms with Crippen LogP contribution in [0.4, 0.5) is 5.82 Å². The number of halogens is 1. The number of ketones is 1. The maximum absolute atomic E-state index is 13.1. The van der Waals surface area contributed by atoms with E-state index in [9.17, 15) is 9.59 Å². The molecule has 0 bridgehead atoms. The number of Topliss-reactive ketones (excluding diaryl/α,β-unsaturated/α-hetero) is 1. The molecule has 1 N–H and O–H groups in total. The third-order valence-electron chi connectivity index (χ3n) is 5.31. The summed E-state index contributed by atoms with van der Waals surface area (Å²) in [5.74, 6) is 0.867. The lowest BCUT2D eigenvalue weighted by molar-refractivity contribution is 0.0950. The number of amides is 1. The molecule has 1 amide bonds. The van der Waals surface area contributed by atoms with Gasteiger partial charge in [0, 0.05) is 28.7 Å². The molecule has 1 aromatic heterocycles. The zero-order valence-electron chi connectivity index (χ0n) is 16.9. The number of carbonyl (C=O) groups is 2. The van der Waals surface area contributed by atoms with E-state index >= 15 is 0 Å². The maximum atomic E-state index is 13.1. The van der Waals surface area contributed by atoms with E-state index in [1.165, 1.54) is 0 Å². The van der Waals surface area contributed by atoms with E-state index in [0.29, 0.717) is 33.3 Å². The van der Waals surface area contributed by atoms with Gasteiger partial charge in [-0.05, 0) is 54.6 Å². The van der Waals surface area contributed by atoms with Crippen LogP contribution < -0.4 is 15.0 Å². The summed E-state index contributed by atoms with van der Waals surface area (Å²) in [7, 11) is 0. The number of nitrogens with zero attached hydrogens (tertiary/aromatic N) is 2. The van der Waals surface area contributed by atoms with E-state index in [1.54, 1.807) is 48.8 Å². The molecule has 0 saturated carbocycles. The minimum atomic E-state index is -0.542. The third-order valence-corrected chi connectivity index (χ3v) is 5.56. The molecule has 2 aromatic carbocycles. The Morgan fingerprint density at radius 3 is 2.62 bits per heavy atom. The van der Waals surface area contributed by atoms with Gasteiger partial charge in [0.2, 0.25) is 0 Å². The van der Waals surface area contributed by atoms with Crippen molar-refractivity contribution in [1.29, 1.82) is 0 Å². The lowest BCUT2D eigenvalue weighted by Crippen LogP contribution is -2.39. The molecule has 6 nitrogen and oxygen atoms in total. The Labute approximate surface area is 189 Å². The molecular formula is C25H18ClN3O3. The number of benzene rings is 2. The van der Waals surface area contributed by atoms with Gasteiger partial charge >= 0.3 is 0 Å². The molecule has 32 heavy (non-hydrogen) atoms. The predicted molar refractivity (Wildman–Crippen MR) is 122 cm³/mol. The minimum Gasteiger partial charge on any atom is -0.481 e. The number of hydrogen-bond acceptors (Lipinski definition) is 5. The van der Waals surface area contributed by atoms with E-state index in [2.05, 4.69) is 10.3 Å². The van der Waals surface area contributed by atoms with Crippen LogP contribution in [-0.4, -0.2) is 29.3 Å². The molecule has 0 saturated heterocycles. The molecule has 0 fully saturated rings. The number of para-hydroxylation sites is 1. The topological polar surface area (TPSA) is 71.5 Å². The van der Waals surface area contributed by atoms with Crippen LogP contribution in [0.3, 0.4) is 0 Å². The second-order valence-corrected chi connectivity index (χ2v) is 7.79.